The Morgan fingerprint density at radius 2 is 2.05 bits per heavy atom. The van der Waals surface area contributed by atoms with E-state index in [4.69, 9.17) is 0 Å². The number of carbonyl (C=O) groups is 1. The van der Waals surface area contributed by atoms with Crippen LogP contribution in [-0.2, 0) is 16.0 Å². The molecule has 0 amide bonds. The first-order chi connectivity index (χ1) is 10.3. The number of hydrogen-bond donors (Lipinski definition) is 0. The molecule has 1 aliphatic heterocycles. The van der Waals surface area contributed by atoms with Crippen LogP contribution in [0.1, 0.15) is 25.0 Å². The Balaban J connectivity index is 1.79. The van der Waals surface area contributed by atoms with Crippen LogP contribution in [0, 0.1) is 0 Å². The van der Waals surface area contributed by atoms with Gasteiger partial charge < -0.3 is 9.64 Å². The number of benzene rings is 1. The first-order valence-corrected chi connectivity index (χ1v) is 7.48. The molecular weight excluding hydrogens is 264 g/mol. The van der Waals surface area contributed by atoms with Crippen LogP contribution >= 0.6 is 0 Å². The standard InChI is InChI=1S/C17H20N2O2/c1-21-17(20)9-6-14-5-4-13-12-15(7-8-16(13)18-14)19-10-2-3-11-19/h4-5,7-8,12H,2-3,6,9-11H2,1H3. The monoisotopic (exact) mass is 284 g/mol. The van der Waals surface area contributed by atoms with E-state index in [0.29, 0.717) is 12.8 Å². The van der Waals surface area contributed by atoms with E-state index in [9.17, 15) is 4.79 Å². The summed E-state index contributed by atoms with van der Waals surface area (Å²) in [6, 6.07) is 10.5. The fraction of sp³-hybridized carbons (Fsp3) is 0.412. The number of nitrogens with zero attached hydrogens (tertiary/aromatic N) is 2. The number of anilines is 1. The van der Waals surface area contributed by atoms with E-state index in [-0.39, 0.29) is 5.97 Å². The second-order valence-electron chi connectivity index (χ2n) is 5.45. The Kier molecular flexibility index (Phi) is 4.04. The Bertz CT molecular complexity index is 648. The molecule has 1 aliphatic rings. The van der Waals surface area contributed by atoms with Gasteiger partial charge in [0.2, 0.25) is 0 Å². The predicted molar refractivity (Wildman–Crippen MR) is 83.5 cm³/mol. The summed E-state index contributed by atoms with van der Waals surface area (Å²) in [5.41, 5.74) is 3.20. The predicted octanol–water partition coefficient (Wildman–Crippen LogP) is 2.94. The van der Waals surface area contributed by atoms with Crippen LogP contribution in [0.5, 0.6) is 0 Å². The molecule has 1 aromatic heterocycles. The summed E-state index contributed by atoms with van der Waals surface area (Å²) in [7, 11) is 1.41. The second-order valence-corrected chi connectivity index (χ2v) is 5.45. The smallest absolute Gasteiger partial charge is 0.305 e. The molecule has 0 radical (unpaired) electrons. The van der Waals surface area contributed by atoms with Crippen molar-refractivity contribution in [3.8, 4) is 0 Å². The molecule has 21 heavy (non-hydrogen) atoms. The number of pyridine rings is 1. The largest absolute Gasteiger partial charge is 0.469 e. The van der Waals surface area contributed by atoms with Crippen LogP contribution in [-0.4, -0.2) is 31.2 Å². The molecule has 1 fully saturated rings. The lowest BCUT2D eigenvalue weighted by atomic mass is 10.1. The Labute approximate surface area is 124 Å². The zero-order valence-corrected chi connectivity index (χ0v) is 12.3. The summed E-state index contributed by atoms with van der Waals surface area (Å²) >= 11 is 0. The molecule has 2 aromatic rings. The van der Waals surface area contributed by atoms with Crippen molar-refractivity contribution in [2.24, 2.45) is 0 Å². The molecular formula is C17H20N2O2. The molecule has 0 bridgehead atoms. The number of esters is 1. The minimum atomic E-state index is -0.193. The van der Waals surface area contributed by atoms with Crippen molar-refractivity contribution < 1.29 is 9.53 Å². The molecule has 4 nitrogen and oxygen atoms in total. The fourth-order valence-electron chi connectivity index (χ4n) is 2.80. The van der Waals surface area contributed by atoms with Crippen LogP contribution in [0.15, 0.2) is 30.3 Å². The van der Waals surface area contributed by atoms with Gasteiger partial charge in [-0.1, -0.05) is 6.07 Å². The zero-order valence-electron chi connectivity index (χ0n) is 12.3. The van der Waals surface area contributed by atoms with Crippen LogP contribution in [0.3, 0.4) is 0 Å². The minimum absolute atomic E-state index is 0.193. The van der Waals surface area contributed by atoms with Gasteiger partial charge in [-0.15, -0.1) is 0 Å². The molecule has 0 N–H and O–H groups in total. The maximum atomic E-state index is 11.2. The third-order valence-electron chi connectivity index (χ3n) is 4.01. The van der Waals surface area contributed by atoms with E-state index in [1.54, 1.807) is 0 Å². The highest BCUT2D eigenvalue weighted by molar-refractivity contribution is 5.83. The summed E-state index contributed by atoms with van der Waals surface area (Å²) in [4.78, 5) is 18.2. The Morgan fingerprint density at radius 3 is 2.81 bits per heavy atom. The SMILES string of the molecule is COC(=O)CCc1ccc2cc(N3CCCC3)ccc2n1. The van der Waals surface area contributed by atoms with E-state index in [1.807, 2.05) is 6.07 Å². The van der Waals surface area contributed by atoms with E-state index < -0.39 is 0 Å². The topological polar surface area (TPSA) is 42.4 Å². The van der Waals surface area contributed by atoms with Gasteiger partial charge in [-0.05, 0) is 37.1 Å². The lowest BCUT2D eigenvalue weighted by Crippen LogP contribution is -2.17. The summed E-state index contributed by atoms with van der Waals surface area (Å²) in [5.74, 6) is -0.193. The van der Waals surface area contributed by atoms with E-state index in [2.05, 4.69) is 38.9 Å². The number of rotatable bonds is 4. The highest BCUT2D eigenvalue weighted by Gasteiger charge is 2.12. The molecule has 3 rings (SSSR count). The molecule has 110 valence electrons. The molecule has 4 heteroatoms. The van der Waals surface area contributed by atoms with Crippen LogP contribution in [0.25, 0.3) is 10.9 Å². The fourth-order valence-corrected chi connectivity index (χ4v) is 2.80. The van der Waals surface area contributed by atoms with Crippen molar-refractivity contribution in [3.63, 3.8) is 0 Å². The highest BCUT2D eigenvalue weighted by Crippen LogP contribution is 2.24. The first kappa shape index (κ1) is 13.9. The van der Waals surface area contributed by atoms with Gasteiger partial charge in [-0.2, -0.15) is 0 Å². The average Bonchev–Trinajstić information content (AvgIpc) is 3.06. The van der Waals surface area contributed by atoms with Crippen molar-refractivity contribution in [2.75, 3.05) is 25.1 Å². The lowest BCUT2D eigenvalue weighted by molar-refractivity contribution is -0.140. The van der Waals surface area contributed by atoms with Crippen molar-refractivity contribution in [2.45, 2.75) is 25.7 Å². The Morgan fingerprint density at radius 1 is 1.24 bits per heavy atom. The summed E-state index contributed by atoms with van der Waals surface area (Å²) < 4.78 is 4.66. The van der Waals surface area contributed by atoms with Gasteiger partial charge >= 0.3 is 5.97 Å². The number of hydrogen-bond acceptors (Lipinski definition) is 4. The van der Waals surface area contributed by atoms with Gasteiger partial charge in [0.1, 0.15) is 0 Å². The van der Waals surface area contributed by atoms with Crippen molar-refractivity contribution in [3.05, 3.63) is 36.0 Å². The molecule has 0 aliphatic carbocycles. The maximum Gasteiger partial charge on any atom is 0.305 e. The van der Waals surface area contributed by atoms with Crippen LogP contribution < -0.4 is 4.90 Å². The van der Waals surface area contributed by atoms with Gasteiger partial charge in [0.05, 0.1) is 19.0 Å². The molecule has 1 saturated heterocycles. The third-order valence-corrected chi connectivity index (χ3v) is 4.01. The Hall–Kier alpha value is -2.10. The number of fused-ring (bicyclic) bond motifs is 1. The lowest BCUT2D eigenvalue weighted by Gasteiger charge is -2.17. The molecule has 0 atom stereocenters. The van der Waals surface area contributed by atoms with Gasteiger partial charge in [0, 0.05) is 36.3 Å². The third kappa shape index (κ3) is 3.15. The summed E-state index contributed by atoms with van der Waals surface area (Å²) in [6.45, 7) is 2.30. The van der Waals surface area contributed by atoms with E-state index in [0.717, 1.165) is 29.7 Å². The molecule has 0 unspecified atom stereocenters. The average molecular weight is 284 g/mol. The van der Waals surface area contributed by atoms with Gasteiger partial charge in [-0.25, -0.2) is 0 Å². The van der Waals surface area contributed by atoms with Gasteiger partial charge in [-0.3, -0.25) is 9.78 Å². The van der Waals surface area contributed by atoms with Crippen molar-refractivity contribution in [1.29, 1.82) is 0 Å². The van der Waals surface area contributed by atoms with Crippen molar-refractivity contribution in [1.82, 2.24) is 4.98 Å². The van der Waals surface area contributed by atoms with Gasteiger partial charge in [0.25, 0.3) is 0 Å². The number of methoxy groups -OCH3 is 1. The zero-order chi connectivity index (χ0) is 14.7. The van der Waals surface area contributed by atoms with Crippen LogP contribution in [0.2, 0.25) is 0 Å². The number of aryl methyl sites for hydroxylation is 1. The molecule has 2 heterocycles. The minimum Gasteiger partial charge on any atom is -0.469 e. The normalized spacial score (nSPS) is 14.6. The highest BCUT2D eigenvalue weighted by atomic mass is 16.5. The number of ether oxygens (including phenoxy) is 1. The van der Waals surface area contributed by atoms with E-state index in [1.165, 1.54) is 25.6 Å². The first-order valence-electron chi connectivity index (χ1n) is 7.48. The van der Waals surface area contributed by atoms with Gasteiger partial charge in [0.15, 0.2) is 0 Å². The maximum absolute atomic E-state index is 11.2. The summed E-state index contributed by atoms with van der Waals surface area (Å²) in [6.07, 6.45) is 3.56. The van der Waals surface area contributed by atoms with Crippen molar-refractivity contribution >= 4 is 22.6 Å². The van der Waals surface area contributed by atoms with E-state index >= 15 is 0 Å². The molecule has 0 saturated carbocycles. The summed E-state index contributed by atoms with van der Waals surface area (Å²) in [5, 5.41) is 1.15. The molecule has 0 spiro atoms. The van der Waals surface area contributed by atoms with Crippen LogP contribution in [0.4, 0.5) is 5.69 Å². The molecule has 1 aromatic carbocycles. The number of carbonyl (C=O) groups excluding carboxylic acids is 1. The number of aromatic nitrogens is 1. The quantitative estimate of drug-likeness (QED) is 0.810. The second kappa shape index (κ2) is 6.12.